The van der Waals surface area contributed by atoms with Crippen molar-refractivity contribution in [2.75, 3.05) is 25.0 Å². The van der Waals surface area contributed by atoms with E-state index in [0.29, 0.717) is 0 Å². The van der Waals surface area contributed by atoms with Crippen LogP contribution in [-0.2, 0) is 13.0 Å². The highest BCUT2D eigenvalue weighted by molar-refractivity contribution is 7.22. The van der Waals surface area contributed by atoms with Gasteiger partial charge in [-0.2, -0.15) is 0 Å². The minimum absolute atomic E-state index is 0.939. The Kier molecular flexibility index (Phi) is 4.79. The Morgan fingerprint density at radius 3 is 3.04 bits per heavy atom. The van der Waals surface area contributed by atoms with Gasteiger partial charge >= 0.3 is 0 Å². The number of hydrogen-bond acceptors (Lipinski definition) is 5. The fourth-order valence-corrected chi connectivity index (χ4v) is 4.95. The number of rotatable bonds is 6. The summed E-state index contributed by atoms with van der Waals surface area (Å²) in [5, 5.41) is 5.82. The number of aryl methyl sites for hydroxylation is 1. The maximum Gasteiger partial charge on any atom is 0.183 e. The summed E-state index contributed by atoms with van der Waals surface area (Å²) >= 11 is 1.73. The number of hydrogen-bond donors (Lipinski definition) is 1. The van der Waals surface area contributed by atoms with Crippen molar-refractivity contribution in [3.8, 4) is 0 Å². The molecule has 0 spiro atoms. The Bertz CT molecular complexity index is 1080. The summed E-state index contributed by atoms with van der Waals surface area (Å²) in [4.78, 5) is 7.16. The average molecular weight is 392 g/mol. The number of para-hydroxylation sites is 1. The van der Waals surface area contributed by atoms with Gasteiger partial charge in [-0.25, -0.2) is 4.98 Å². The van der Waals surface area contributed by atoms with E-state index in [9.17, 15) is 0 Å². The molecule has 28 heavy (non-hydrogen) atoms. The summed E-state index contributed by atoms with van der Waals surface area (Å²) in [7, 11) is 0. The second-order valence-corrected chi connectivity index (χ2v) is 8.68. The van der Waals surface area contributed by atoms with E-state index in [1.807, 2.05) is 6.07 Å². The fourth-order valence-electron chi connectivity index (χ4n) is 4.06. The number of unbranched alkanes of at least 4 members (excludes halogenated alkanes) is 1. The molecule has 4 aromatic rings. The van der Waals surface area contributed by atoms with Gasteiger partial charge in [0.05, 0.1) is 16.8 Å². The lowest BCUT2D eigenvalue weighted by atomic mass is 10.0. The molecule has 144 valence electrons. The monoisotopic (exact) mass is 391 g/mol. The highest BCUT2D eigenvalue weighted by Gasteiger charge is 2.22. The number of benzene rings is 2. The van der Waals surface area contributed by atoms with Crippen LogP contribution in [0.1, 0.15) is 29.7 Å². The van der Waals surface area contributed by atoms with E-state index < -0.39 is 0 Å². The van der Waals surface area contributed by atoms with Gasteiger partial charge in [-0.05, 0) is 57.0 Å². The van der Waals surface area contributed by atoms with E-state index in [1.165, 1.54) is 33.4 Å². The number of nitrogens with zero attached hydrogens (tertiary/aromatic N) is 2. The Balaban J connectivity index is 1.11. The molecule has 0 amide bonds. The Labute approximate surface area is 169 Å². The molecule has 1 aliphatic heterocycles. The molecule has 0 saturated carbocycles. The second kappa shape index (κ2) is 7.57. The van der Waals surface area contributed by atoms with Crippen LogP contribution in [0.4, 0.5) is 5.13 Å². The van der Waals surface area contributed by atoms with Crippen molar-refractivity contribution in [1.82, 2.24) is 9.88 Å². The minimum Gasteiger partial charge on any atom is -0.459 e. The van der Waals surface area contributed by atoms with Crippen LogP contribution in [0.25, 0.3) is 21.2 Å². The molecule has 5 heteroatoms. The van der Waals surface area contributed by atoms with Crippen LogP contribution in [0.15, 0.2) is 46.9 Å². The SMILES string of the molecule is Cc1ccc2oc3c(c2c1)CCN(CCCCNc1nc2ccccc2s1)C3. The smallest absolute Gasteiger partial charge is 0.183 e. The summed E-state index contributed by atoms with van der Waals surface area (Å²) in [5.74, 6) is 1.17. The van der Waals surface area contributed by atoms with E-state index in [1.54, 1.807) is 11.3 Å². The van der Waals surface area contributed by atoms with Gasteiger partial charge in [-0.1, -0.05) is 35.1 Å². The van der Waals surface area contributed by atoms with Gasteiger partial charge in [0.1, 0.15) is 11.3 Å². The molecule has 5 rings (SSSR count). The lowest BCUT2D eigenvalue weighted by Crippen LogP contribution is -2.31. The number of thiazole rings is 1. The first-order valence-corrected chi connectivity index (χ1v) is 10.9. The van der Waals surface area contributed by atoms with Crippen LogP contribution in [0.3, 0.4) is 0 Å². The van der Waals surface area contributed by atoms with Crippen molar-refractivity contribution >= 4 is 37.7 Å². The van der Waals surface area contributed by atoms with Gasteiger partial charge in [0, 0.05) is 24.0 Å². The Morgan fingerprint density at radius 2 is 2.11 bits per heavy atom. The molecule has 0 unspecified atom stereocenters. The van der Waals surface area contributed by atoms with Crippen LogP contribution in [0.5, 0.6) is 0 Å². The predicted octanol–water partition coefficient (Wildman–Crippen LogP) is 5.60. The van der Waals surface area contributed by atoms with E-state index in [4.69, 9.17) is 4.42 Å². The Hall–Kier alpha value is -2.37. The minimum atomic E-state index is 0.939. The second-order valence-electron chi connectivity index (χ2n) is 7.65. The normalized spacial score (nSPS) is 14.6. The van der Waals surface area contributed by atoms with Crippen molar-refractivity contribution in [2.45, 2.75) is 32.7 Å². The summed E-state index contributed by atoms with van der Waals surface area (Å²) < 4.78 is 7.37. The summed E-state index contributed by atoms with van der Waals surface area (Å²) in [5.41, 5.74) is 4.85. The van der Waals surface area contributed by atoms with Gasteiger partial charge in [-0.3, -0.25) is 4.90 Å². The van der Waals surface area contributed by atoms with Crippen molar-refractivity contribution in [1.29, 1.82) is 0 Å². The lowest BCUT2D eigenvalue weighted by molar-refractivity contribution is 0.228. The number of aromatic nitrogens is 1. The zero-order valence-electron chi connectivity index (χ0n) is 16.2. The zero-order chi connectivity index (χ0) is 18.9. The van der Waals surface area contributed by atoms with Crippen molar-refractivity contribution in [3.05, 3.63) is 59.4 Å². The van der Waals surface area contributed by atoms with Crippen LogP contribution < -0.4 is 5.32 Å². The zero-order valence-corrected chi connectivity index (χ0v) is 17.0. The molecule has 2 aromatic carbocycles. The summed E-state index contributed by atoms with van der Waals surface area (Å²) in [6.07, 6.45) is 3.43. The Morgan fingerprint density at radius 1 is 1.18 bits per heavy atom. The molecule has 3 heterocycles. The molecule has 0 atom stereocenters. The third-order valence-electron chi connectivity index (χ3n) is 5.55. The van der Waals surface area contributed by atoms with Gasteiger partial charge in [-0.15, -0.1) is 0 Å². The first-order valence-electron chi connectivity index (χ1n) is 10.1. The van der Waals surface area contributed by atoms with Crippen LogP contribution >= 0.6 is 11.3 Å². The molecule has 0 radical (unpaired) electrons. The van der Waals surface area contributed by atoms with Crippen LogP contribution in [0.2, 0.25) is 0 Å². The lowest BCUT2D eigenvalue weighted by Gasteiger charge is -2.25. The highest BCUT2D eigenvalue weighted by Crippen LogP contribution is 2.31. The molecule has 0 saturated heterocycles. The third-order valence-corrected chi connectivity index (χ3v) is 6.54. The predicted molar refractivity (Wildman–Crippen MR) is 117 cm³/mol. The van der Waals surface area contributed by atoms with Gasteiger partial charge in [0.15, 0.2) is 5.13 Å². The molecule has 4 nitrogen and oxygen atoms in total. The number of furan rings is 1. The van der Waals surface area contributed by atoms with Crippen molar-refractivity contribution in [3.63, 3.8) is 0 Å². The van der Waals surface area contributed by atoms with Gasteiger partial charge in [0.2, 0.25) is 0 Å². The van der Waals surface area contributed by atoms with Crippen LogP contribution in [-0.4, -0.2) is 29.5 Å². The number of nitrogens with one attached hydrogen (secondary N) is 1. The molecule has 0 fully saturated rings. The van der Waals surface area contributed by atoms with E-state index in [0.717, 1.165) is 55.3 Å². The number of fused-ring (bicyclic) bond motifs is 4. The summed E-state index contributed by atoms with van der Waals surface area (Å²) in [6, 6.07) is 14.8. The third kappa shape index (κ3) is 3.52. The summed E-state index contributed by atoms with van der Waals surface area (Å²) in [6.45, 7) is 6.31. The first-order chi connectivity index (χ1) is 13.8. The molecular weight excluding hydrogens is 366 g/mol. The molecule has 1 aliphatic rings. The molecule has 1 N–H and O–H groups in total. The van der Waals surface area contributed by atoms with Crippen molar-refractivity contribution in [2.24, 2.45) is 0 Å². The fraction of sp³-hybridized carbons (Fsp3) is 0.348. The highest BCUT2D eigenvalue weighted by atomic mass is 32.1. The van der Waals surface area contributed by atoms with E-state index in [2.05, 4.69) is 58.5 Å². The van der Waals surface area contributed by atoms with Gasteiger partial charge < -0.3 is 9.73 Å². The molecule has 0 bridgehead atoms. The average Bonchev–Trinajstić information content (AvgIpc) is 3.27. The van der Waals surface area contributed by atoms with Crippen molar-refractivity contribution < 1.29 is 4.42 Å². The quantitative estimate of drug-likeness (QED) is 0.434. The molecule has 0 aliphatic carbocycles. The largest absolute Gasteiger partial charge is 0.459 e. The molecular formula is C23H25N3OS. The number of anilines is 1. The maximum atomic E-state index is 6.13. The van der Waals surface area contributed by atoms with Crippen LogP contribution in [0, 0.1) is 6.92 Å². The first kappa shape index (κ1) is 17.7. The molecule has 2 aromatic heterocycles. The maximum absolute atomic E-state index is 6.13. The van der Waals surface area contributed by atoms with E-state index in [-0.39, 0.29) is 0 Å². The van der Waals surface area contributed by atoms with E-state index >= 15 is 0 Å². The van der Waals surface area contributed by atoms with Gasteiger partial charge in [0.25, 0.3) is 0 Å². The standard InChI is InChI=1S/C23H25N3OS/c1-16-8-9-20-18(14-16)17-10-13-26(15-21(17)27-20)12-5-4-11-24-23-25-19-6-2-3-7-22(19)28-23/h2-3,6-9,14H,4-5,10-13,15H2,1H3,(H,24,25). The topological polar surface area (TPSA) is 41.3 Å².